The van der Waals surface area contributed by atoms with Crippen molar-refractivity contribution in [1.29, 1.82) is 0 Å². The van der Waals surface area contributed by atoms with E-state index < -0.39 is 24.3 Å². The van der Waals surface area contributed by atoms with Crippen molar-refractivity contribution in [3.8, 4) is 0 Å². The lowest BCUT2D eigenvalue weighted by Gasteiger charge is -2.45. The highest BCUT2D eigenvalue weighted by atomic mass is 19.4. The molecule has 4 rings (SSSR count). The molecule has 0 aromatic heterocycles. The molecule has 1 atom stereocenters. The van der Waals surface area contributed by atoms with Crippen LogP contribution in [0.15, 0.2) is 78.9 Å². The number of alkyl halides is 6. The Hall–Kier alpha value is -3.16. The summed E-state index contributed by atoms with van der Waals surface area (Å²) in [6.07, 6.45) is -9.71. The molecule has 1 aliphatic heterocycles. The van der Waals surface area contributed by atoms with Crippen LogP contribution in [-0.2, 0) is 12.7 Å². The smallest absolute Gasteiger partial charge is 0.363 e. The van der Waals surface area contributed by atoms with E-state index in [9.17, 15) is 26.3 Å². The Kier molecular flexibility index (Phi) is 6.28. The Balaban J connectivity index is 1.71. The molecule has 0 N–H and O–H groups in total. The fourth-order valence-electron chi connectivity index (χ4n) is 4.25. The lowest BCUT2D eigenvalue weighted by Crippen LogP contribution is -2.44. The van der Waals surface area contributed by atoms with Crippen molar-refractivity contribution in [3.05, 3.63) is 95.6 Å². The average Bonchev–Trinajstić information content (AvgIpc) is 2.78. The minimum absolute atomic E-state index is 0.206. The van der Waals surface area contributed by atoms with Crippen LogP contribution in [0.2, 0.25) is 0 Å². The second-order valence-corrected chi connectivity index (χ2v) is 8.05. The summed E-state index contributed by atoms with van der Waals surface area (Å²) < 4.78 is 78.8. The second kappa shape index (κ2) is 9.00. The molecule has 0 spiro atoms. The zero-order valence-corrected chi connectivity index (χ0v) is 17.6. The van der Waals surface area contributed by atoms with Gasteiger partial charge in [-0.3, -0.25) is 0 Å². The summed E-state index contributed by atoms with van der Waals surface area (Å²) in [6.45, 7) is 0.337. The topological polar surface area (TPSA) is 6.48 Å². The standard InChI is InChI=1S/C25H22F6N2/c26-24(27,28)13-14-33-22-12-5-4-11-21(22)32(17-23(33)19-8-2-1-3-9-19)16-18-7-6-10-20(15-18)25(29,30)31/h1-12,15,23H,13-14,16-17H2/t23-/m0/s1. The maximum Gasteiger partial charge on any atom is 0.416 e. The first-order chi connectivity index (χ1) is 15.6. The van der Waals surface area contributed by atoms with Crippen molar-refractivity contribution in [3.63, 3.8) is 0 Å². The number of benzene rings is 3. The summed E-state index contributed by atoms with van der Waals surface area (Å²) >= 11 is 0. The number of para-hydroxylation sites is 2. The van der Waals surface area contributed by atoms with Gasteiger partial charge in [-0.1, -0.05) is 54.6 Å². The first-order valence-electron chi connectivity index (χ1n) is 10.5. The summed E-state index contributed by atoms with van der Waals surface area (Å²) in [7, 11) is 0. The van der Waals surface area contributed by atoms with Crippen molar-refractivity contribution >= 4 is 11.4 Å². The molecule has 0 unspecified atom stereocenters. The van der Waals surface area contributed by atoms with Crippen LogP contribution in [0.25, 0.3) is 0 Å². The van der Waals surface area contributed by atoms with Gasteiger partial charge in [-0.2, -0.15) is 26.3 Å². The van der Waals surface area contributed by atoms with E-state index in [0.717, 1.165) is 17.7 Å². The summed E-state index contributed by atoms with van der Waals surface area (Å²) in [5.74, 6) is 0. The Labute approximate surface area is 188 Å². The van der Waals surface area contributed by atoms with Crippen molar-refractivity contribution in [1.82, 2.24) is 0 Å². The van der Waals surface area contributed by atoms with Gasteiger partial charge < -0.3 is 9.80 Å². The van der Waals surface area contributed by atoms with Gasteiger partial charge in [0.2, 0.25) is 0 Å². The summed E-state index contributed by atoms with van der Waals surface area (Å²) in [4.78, 5) is 3.69. The van der Waals surface area contributed by atoms with Crippen molar-refractivity contribution in [2.24, 2.45) is 0 Å². The van der Waals surface area contributed by atoms with Crippen LogP contribution in [0.4, 0.5) is 37.7 Å². The van der Waals surface area contributed by atoms with Gasteiger partial charge in [0.25, 0.3) is 0 Å². The van der Waals surface area contributed by atoms with Crippen molar-refractivity contribution in [2.75, 3.05) is 22.9 Å². The fraction of sp³-hybridized carbons (Fsp3) is 0.280. The third-order valence-electron chi connectivity index (χ3n) is 5.75. The Bertz CT molecular complexity index is 1080. The molecule has 1 aliphatic rings. The summed E-state index contributed by atoms with van der Waals surface area (Å²) in [5.41, 5.74) is 1.94. The fourth-order valence-corrected chi connectivity index (χ4v) is 4.25. The van der Waals surface area contributed by atoms with Gasteiger partial charge in [0, 0.05) is 19.6 Å². The van der Waals surface area contributed by atoms with Gasteiger partial charge in [0.1, 0.15) is 0 Å². The van der Waals surface area contributed by atoms with Crippen LogP contribution in [0.3, 0.4) is 0 Å². The number of halogens is 6. The van der Waals surface area contributed by atoms with Gasteiger partial charge in [-0.15, -0.1) is 0 Å². The molecule has 174 valence electrons. The third kappa shape index (κ3) is 5.43. The molecular weight excluding hydrogens is 442 g/mol. The summed E-state index contributed by atoms with van der Waals surface area (Å²) in [6, 6.07) is 21.1. The average molecular weight is 464 g/mol. The van der Waals surface area contributed by atoms with Crippen LogP contribution in [0.1, 0.15) is 29.2 Å². The molecule has 0 radical (unpaired) electrons. The highest BCUT2D eigenvalue weighted by Gasteiger charge is 2.36. The van der Waals surface area contributed by atoms with Crippen molar-refractivity contribution in [2.45, 2.75) is 31.4 Å². The van der Waals surface area contributed by atoms with Gasteiger partial charge in [0.15, 0.2) is 0 Å². The molecule has 0 amide bonds. The highest BCUT2D eigenvalue weighted by Crippen LogP contribution is 2.42. The van der Waals surface area contributed by atoms with E-state index in [-0.39, 0.29) is 19.1 Å². The molecule has 3 aromatic rings. The first kappa shape index (κ1) is 23.0. The van der Waals surface area contributed by atoms with E-state index in [4.69, 9.17) is 0 Å². The molecule has 2 nitrogen and oxygen atoms in total. The van der Waals surface area contributed by atoms with E-state index in [2.05, 4.69) is 0 Å². The minimum atomic E-state index is -4.45. The Morgan fingerprint density at radius 1 is 0.758 bits per heavy atom. The van der Waals surface area contributed by atoms with Gasteiger partial charge >= 0.3 is 12.4 Å². The highest BCUT2D eigenvalue weighted by molar-refractivity contribution is 5.74. The molecule has 0 fully saturated rings. The third-order valence-corrected chi connectivity index (χ3v) is 5.75. The predicted molar refractivity (Wildman–Crippen MR) is 116 cm³/mol. The quantitative estimate of drug-likeness (QED) is 0.368. The van der Waals surface area contributed by atoms with E-state index in [1.54, 1.807) is 35.2 Å². The monoisotopic (exact) mass is 464 g/mol. The molecule has 0 saturated carbocycles. The number of hydrogen-bond donors (Lipinski definition) is 0. The second-order valence-electron chi connectivity index (χ2n) is 8.05. The van der Waals surface area contributed by atoms with Crippen LogP contribution < -0.4 is 9.80 Å². The van der Waals surface area contributed by atoms with Crippen molar-refractivity contribution < 1.29 is 26.3 Å². The Morgan fingerprint density at radius 2 is 1.42 bits per heavy atom. The van der Waals surface area contributed by atoms with Gasteiger partial charge in [-0.05, 0) is 35.4 Å². The lowest BCUT2D eigenvalue weighted by molar-refractivity contribution is -0.137. The van der Waals surface area contributed by atoms with Gasteiger partial charge in [-0.25, -0.2) is 0 Å². The molecule has 3 aromatic carbocycles. The molecule has 1 heterocycles. The van der Waals surface area contributed by atoms with Crippen LogP contribution >= 0.6 is 0 Å². The first-order valence-corrected chi connectivity index (χ1v) is 10.5. The van der Waals surface area contributed by atoms with E-state index in [1.165, 1.54) is 6.07 Å². The predicted octanol–water partition coefficient (Wildman–Crippen LogP) is 7.23. The summed E-state index contributed by atoms with van der Waals surface area (Å²) in [5, 5.41) is 0. The zero-order chi connectivity index (χ0) is 23.6. The zero-order valence-electron chi connectivity index (χ0n) is 17.6. The SMILES string of the molecule is FC(F)(F)CCN1c2ccccc2N(Cc2cccc(C(F)(F)F)c2)C[C@H]1c1ccccc1. The molecule has 8 heteroatoms. The maximum atomic E-state index is 13.2. The van der Waals surface area contributed by atoms with E-state index in [0.29, 0.717) is 23.5 Å². The number of rotatable bonds is 5. The molecule has 33 heavy (non-hydrogen) atoms. The molecule has 0 saturated heterocycles. The minimum Gasteiger partial charge on any atom is -0.363 e. The molecule has 0 bridgehead atoms. The van der Waals surface area contributed by atoms with E-state index >= 15 is 0 Å². The maximum absolute atomic E-state index is 13.2. The normalized spacial score (nSPS) is 16.6. The Morgan fingerprint density at radius 3 is 2.09 bits per heavy atom. The molecule has 0 aliphatic carbocycles. The number of nitrogens with zero attached hydrogens (tertiary/aromatic N) is 2. The van der Waals surface area contributed by atoms with Crippen LogP contribution in [0.5, 0.6) is 0 Å². The van der Waals surface area contributed by atoms with Gasteiger partial charge in [0.05, 0.1) is 29.4 Å². The largest absolute Gasteiger partial charge is 0.416 e. The van der Waals surface area contributed by atoms with Crippen LogP contribution in [0, 0.1) is 0 Å². The molecular formula is C25H22F6N2. The van der Waals surface area contributed by atoms with Crippen LogP contribution in [-0.4, -0.2) is 19.3 Å². The number of fused-ring (bicyclic) bond motifs is 1. The number of hydrogen-bond acceptors (Lipinski definition) is 2. The number of anilines is 2. The lowest BCUT2D eigenvalue weighted by atomic mass is 9.98. The van der Waals surface area contributed by atoms with E-state index in [1.807, 2.05) is 35.2 Å².